The van der Waals surface area contributed by atoms with Gasteiger partial charge >= 0.3 is 12.0 Å². The molecule has 0 aliphatic carbocycles. The van der Waals surface area contributed by atoms with Crippen molar-refractivity contribution in [2.45, 2.75) is 13.3 Å². The van der Waals surface area contributed by atoms with Gasteiger partial charge in [-0.3, -0.25) is 4.79 Å². The molecule has 1 saturated heterocycles. The number of rotatable bonds is 3. The van der Waals surface area contributed by atoms with Crippen LogP contribution in [-0.4, -0.2) is 55.3 Å². The molecule has 2 amide bonds. The standard InChI is InChI=1S/C15H17FN6O3/c1-9-4-10(14(23)24)7-21(6-9)15(25)18-13-5-11(2-3-12(13)16)22-8-17-19-20-22/h2-3,5,8-10H,4,6-7H2,1H3,(H,18,25)(H,23,24). The van der Waals surface area contributed by atoms with Crippen LogP contribution in [0.3, 0.4) is 0 Å². The van der Waals surface area contributed by atoms with Gasteiger partial charge in [0, 0.05) is 13.1 Å². The van der Waals surface area contributed by atoms with Crippen LogP contribution in [0.1, 0.15) is 13.3 Å². The van der Waals surface area contributed by atoms with E-state index in [4.69, 9.17) is 0 Å². The summed E-state index contributed by atoms with van der Waals surface area (Å²) < 4.78 is 15.4. The number of nitrogens with one attached hydrogen (secondary N) is 1. The molecule has 1 aliphatic rings. The van der Waals surface area contributed by atoms with Crippen LogP contribution in [0, 0.1) is 17.7 Å². The van der Waals surface area contributed by atoms with Crippen molar-refractivity contribution in [3.8, 4) is 5.69 Å². The summed E-state index contributed by atoms with van der Waals surface area (Å²) in [6.45, 7) is 2.40. The number of likely N-dealkylation sites (tertiary alicyclic amines) is 1. The molecule has 3 rings (SSSR count). The number of benzene rings is 1. The largest absolute Gasteiger partial charge is 0.481 e. The van der Waals surface area contributed by atoms with Crippen molar-refractivity contribution in [2.75, 3.05) is 18.4 Å². The van der Waals surface area contributed by atoms with E-state index in [-0.39, 0.29) is 18.2 Å². The lowest BCUT2D eigenvalue weighted by atomic mass is 9.91. The first-order valence-corrected chi connectivity index (χ1v) is 7.75. The van der Waals surface area contributed by atoms with E-state index >= 15 is 0 Å². The number of urea groups is 1. The van der Waals surface area contributed by atoms with Crippen LogP contribution in [-0.2, 0) is 4.79 Å². The summed E-state index contributed by atoms with van der Waals surface area (Å²) in [4.78, 5) is 25.1. The van der Waals surface area contributed by atoms with E-state index < -0.39 is 23.7 Å². The van der Waals surface area contributed by atoms with Gasteiger partial charge in [0.15, 0.2) is 0 Å². The van der Waals surface area contributed by atoms with E-state index in [1.54, 1.807) is 0 Å². The second-order valence-corrected chi connectivity index (χ2v) is 6.13. The average Bonchev–Trinajstić information content (AvgIpc) is 3.10. The Morgan fingerprint density at radius 3 is 2.84 bits per heavy atom. The maximum atomic E-state index is 14.0. The quantitative estimate of drug-likeness (QED) is 0.866. The molecular weight excluding hydrogens is 331 g/mol. The fourth-order valence-electron chi connectivity index (χ4n) is 2.92. The third-order valence-corrected chi connectivity index (χ3v) is 4.10. The zero-order chi connectivity index (χ0) is 18.0. The second kappa shape index (κ2) is 6.83. The van der Waals surface area contributed by atoms with Gasteiger partial charge < -0.3 is 15.3 Å². The first-order chi connectivity index (χ1) is 11.9. The first-order valence-electron chi connectivity index (χ1n) is 7.75. The van der Waals surface area contributed by atoms with Crippen molar-refractivity contribution < 1.29 is 19.1 Å². The fourth-order valence-corrected chi connectivity index (χ4v) is 2.92. The minimum absolute atomic E-state index is 0.0249. The smallest absolute Gasteiger partial charge is 0.321 e. The normalized spacial score (nSPS) is 20.3. The Hall–Kier alpha value is -3.04. The van der Waals surface area contributed by atoms with Crippen molar-refractivity contribution >= 4 is 17.7 Å². The zero-order valence-corrected chi connectivity index (χ0v) is 13.5. The highest BCUT2D eigenvalue weighted by Crippen LogP contribution is 2.24. The maximum Gasteiger partial charge on any atom is 0.321 e. The zero-order valence-electron chi connectivity index (χ0n) is 13.5. The lowest BCUT2D eigenvalue weighted by molar-refractivity contribution is -0.143. The number of halogens is 1. The molecular formula is C15H17FN6O3. The van der Waals surface area contributed by atoms with Crippen LogP contribution in [0.5, 0.6) is 0 Å². The van der Waals surface area contributed by atoms with Crippen LogP contribution in [0.2, 0.25) is 0 Å². The van der Waals surface area contributed by atoms with E-state index in [0.717, 1.165) is 0 Å². The van der Waals surface area contributed by atoms with Gasteiger partial charge in [0.25, 0.3) is 0 Å². The summed E-state index contributed by atoms with van der Waals surface area (Å²) in [5.41, 5.74) is 0.459. The number of hydrogen-bond donors (Lipinski definition) is 2. The fraction of sp³-hybridized carbons (Fsp3) is 0.400. The van der Waals surface area contributed by atoms with Gasteiger partial charge in [-0.15, -0.1) is 5.10 Å². The van der Waals surface area contributed by atoms with E-state index in [1.165, 1.54) is 34.1 Å². The van der Waals surface area contributed by atoms with Gasteiger partial charge in [0.05, 0.1) is 17.3 Å². The van der Waals surface area contributed by atoms with Crippen molar-refractivity contribution in [1.82, 2.24) is 25.1 Å². The molecule has 1 aliphatic heterocycles. The number of carbonyl (C=O) groups is 2. The van der Waals surface area contributed by atoms with E-state index in [1.807, 2.05) is 6.92 Å². The maximum absolute atomic E-state index is 14.0. The summed E-state index contributed by atoms with van der Waals surface area (Å²) >= 11 is 0. The Bertz CT molecular complexity index is 782. The van der Waals surface area contributed by atoms with E-state index in [0.29, 0.717) is 18.7 Å². The number of amides is 2. The summed E-state index contributed by atoms with van der Waals surface area (Å²) in [7, 11) is 0. The van der Waals surface area contributed by atoms with Gasteiger partial charge in [0.1, 0.15) is 12.1 Å². The Kier molecular flexibility index (Phi) is 4.59. The summed E-state index contributed by atoms with van der Waals surface area (Å²) in [5.74, 6) is -2.11. The molecule has 0 saturated carbocycles. The number of aromatic nitrogens is 4. The Morgan fingerprint density at radius 1 is 1.36 bits per heavy atom. The number of carbonyl (C=O) groups excluding carboxylic acids is 1. The highest BCUT2D eigenvalue weighted by atomic mass is 19.1. The Morgan fingerprint density at radius 2 is 2.16 bits per heavy atom. The molecule has 1 aromatic heterocycles. The Labute approximate surface area is 142 Å². The average molecular weight is 348 g/mol. The predicted octanol–water partition coefficient (Wildman–Crippen LogP) is 1.38. The SMILES string of the molecule is CC1CC(C(=O)O)CN(C(=O)Nc2cc(-n3cnnn3)ccc2F)C1. The highest BCUT2D eigenvalue weighted by molar-refractivity contribution is 5.90. The molecule has 132 valence electrons. The lowest BCUT2D eigenvalue weighted by Crippen LogP contribution is -2.47. The third kappa shape index (κ3) is 3.73. The van der Waals surface area contributed by atoms with Gasteiger partial charge in [-0.05, 0) is 41.0 Å². The second-order valence-electron chi connectivity index (χ2n) is 6.13. The highest BCUT2D eigenvalue weighted by Gasteiger charge is 2.32. The van der Waals surface area contributed by atoms with E-state index in [9.17, 15) is 19.1 Å². The minimum Gasteiger partial charge on any atom is -0.481 e. The van der Waals surface area contributed by atoms with Crippen LogP contribution in [0.4, 0.5) is 14.9 Å². The first kappa shape index (κ1) is 16.8. The van der Waals surface area contributed by atoms with E-state index in [2.05, 4.69) is 20.8 Å². The molecule has 0 spiro atoms. The minimum atomic E-state index is -0.934. The molecule has 2 atom stereocenters. The van der Waals surface area contributed by atoms with Crippen LogP contribution < -0.4 is 5.32 Å². The van der Waals surface area contributed by atoms with Crippen molar-refractivity contribution in [2.24, 2.45) is 11.8 Å². The monoisotopic (exact) mass is 348 g/mol. The number of hydrogen-bond acceptors (Lipinski definition) is 5. The number of anilines is 1. The van der Waals surface area contributed by atoms with Gasteiger partial charge in [-0.1, -0.05) is 6.92 Å². The van der Waals surface area contributed by atoms with Crippen molar-refractivity contribution in [3.63, 3.8) is 0 Å². The summed E-state index contributed by atoms with van der Waals surface area (Å²) in [6.07, 6.45) is 1.87. The molecule has 10 heteroatoms. The summed E-state index contributed by atoms with van der Waals surface area (Å²) in [5, 5.41) is 22.4. The Balaban J connectivity index is 1.76. The molecule has 9 nitrogen and oxygen atoms in total. The van der Waals surface area contributed by atoms with Crippen LogP contribution >= 0.6 is 0 Å². The van der Waals surface area contributed by atoms with Gasteiger partial charge in [0.2, 0.25) is 0 Å². The van der Waals surface area contributed by atoms with Crippen molar-refractivity contribution in [1.29, 1.82) is 0 Å². The molecule has 2 unspecified atom stereocenters. The molecule has 2 aromatic rings. The number of carboxylic acids is 1. The van der Waals surface area contributed by atoms with Crippen molar-refractivity contribution in [3.05, 3.63) is 30.3 Å². The number of tetrazole rings is 1. The molecule has 2 heterocycles. The molecule has 0 radical (unpaired) electrons. The molecule has 25 heavy (non-hydrogen) atoms. The van der Waals surface area contributed by atoms with Gasteiger partial charge in [-0.2, -0.15) is 0 Å². The number of aliphatic carboxylic acids is 1. The summed E-state index contributed by atoms with van der Waals surface area (Å²) in [6, 6.07) is 3.55. The number of piperidine rings is 1. The number of carboxylic acid groups (broad SMARTS) is 1. The molecule has 0 bridgehead atoms. The van der Waals surface area contributed by atoms with Crippen LogP contribution in [0.25, 0.3) is 5.69 Å². The van der Waals surface area contributed by atoms with Crippen LogP contribution in [0.15, 0.2) is 24.5 Å². The van der Waals surface area contributed by atoms with Gasteiger partial charge in [-0.25, -0.2) is 13.9 Å². The predicted molar refractivity (Wildman–Crippen MR) is 84.6 cm³/mol. The lowest BCUT2D eigenvalue weighted by Gasteiger charge is -2.34. The number of nitrogens with zero attached hydrogens (tertiary/aromatic N) is 5. The third-order valence-electron chi connectivity index (χ3n) is 4.10. The molecule has 2 N–H and O–H groups in total. The molecule has 1 aromatic carbocycles. The molecule has 1 fully saturated rings. The topological polar surface area (TPSA) is 113 Å².